The van der Waals surface area contributed by atoms with E-state index < -0.39 is 0 Å². The van der Waals surface area contributed by atoms with Crippen molar-refractivity contribution >= 4 is 0 Å². The molecule has 0 radical (unpaired) electrons. The van der Waals surface area contributed by atoms with Crippen molar-refractivity contribution in [3.05, 3.63) is 29.6 Å². The zero-order chi connectivity index (χ0) is 10.6. The summed E-state index contributed by atoms with van der Waals surface area (Å²) in [7, 11) is 0. The third-order valence-electron chi connectivity index (χ3n) is 2.37. The molecular formula is C12H17FO. The van der Waals surface area contributed by atoms with Gasteiger partial charge in [0.25, 0.3) is 0 Å². The van der Waals surface area contributed by atoms with Crippen LogP contribution < -0.4 is 4.74 Å². The van der Waals surface area contributed by atoms with Crippen LogP contribution in [-0.4, -0.2) is 6.61 Å². The molecule has 0 aliphatic rings. The van der Waals surface area contributed by atoms with Gasteiger partial charge in [-0.1, -0.05) is 26.3 Å². The molecule has 1 nitrogen and oxygen atoms in total. The SMILES string of the molecule is CCC(C)COc1cc(F)ccc1C. The summed E-state index contributed by atoms with van der Waals surface area (Å²) in [6.45, 7) is 6.81. The van der Waals surface area contributed by atoms with Crippen LogP contribution in [0.5, 0.6) is 5.75 Å². The number of halogens is 1. The van der Waals surface area contributed by atoms with Gasteiger partial charge in [0.15, 0.2) is 0 Å². The molecule has 14 heavy (non-hydrogen) atoms. The fourth-order valence-electron chi connectivity index (χ4n) is 1.08. The molecule has 0 aliphatic heterocycles. The number of benzene rings is 1. The molecule has 1 aromatic carbocycles. The second-order valence-corrected chi connectivity index (χ2v) is 3.73. The largest absolute Gasteiger partial charge is 0.493 e. The number of rotatable bonds is 4. The summed E-state index contributed by atoms with van der Waals surface area (Å²) >= 11 is 0. The van der Waals surface area contributed by atoms with E-state index in [9.17, 15) is 4.39 Å². The molecule has 0 aromatic heterocycles. The summed E-state index contributed by atoms with van der Waals surface area (Å²) in [5.74, 6) is 0.928. The first-order valence-corrected chi connectivity index (χ1v) is 5.02. The predicted molar refractivity (Wildman–Crippen MR) is 56.1 cm³/mol. The minimum absolute atomic E-state index is 0.241. The lowest BCUT2D eigenvalue weighted by molar-refractivity contribution is 0.254. The number of hydrogen-bond acceptors (Lipinski definition) is 1. The van der Waals surface area contributed by atoms with Crippen molar-refractivity contribution in [2.45, 2.75) is 27.2 Å². The van der Waals surface area contributed by atoms with E-state index in [1.165, 1.54) is 12.1 Å². The number of ether oxygens (including phenoxy) is 1. The maximum atomic E-state index is 12.9. The van der Waals surface area contributed by atoms with Crippen molar-refractivity contribution in [3.63, 3.8) is 0 Å². The van der Waals surface area contributed by atoms with Gasteiger partial charge in [0.2, 0.25) is 0 Å². The first kappa shape index (κ1) is 11.0. The summed E-state index contributed by atoms with van der Waals surface area (Å²) in [6, 6.07) is 4.63. The second kappa shape index (κ2) is 4.99. The van der Waals surface area contributed by atoms with Crippen LogP contribution in [0.2, 0.25) is 0 Å². The van der Waals surface area contributed by atoms with Crippen LogP contribution in [0.15, 0.2) is 18.2 Å². The number of hydrogen-bond donors (Lipinski definition) is 0. The van der Waals surface area contributed by atoms with Crippen molar-refractivity contribution in [1.29, 1.82) is 0 Å². The van der Waals surface area contributed by atoms with Gasteiger partial charge in [0, 0.05) is 6.07 Å². The fourth-order valence-corrected chi connectivity index (χ4v) is 1.08. The highest BCUT2D eigenvalue weighted by atomic mass is 19.1. The van der Waals surface area contributed by atoms with E-state index in [-0.39, 0.29) is 5.82 Å². The molecule has 0 spiro atoms. The van der Waals surface area contributed by atoms with Crippen LogP contribution in [-0.2, 0) is 0 Å². The Morgan fingerprint density at radius 1 is 1.43 bits per heavy atom. The molecule has 2 heteroatoms. The summed E-state index contributed by atoms with van der Waals surface area (Å²) in [6.07, 6.45) is 1.08. The van der Waals surface area contributed by atoms with E-state index in [2.05, 4.69) is 13.8 Å². The highest BCUT2D eigenvalue weighted by Crippen LogP contribution is 2.19. The van der Waals surface area contributed by atoms with E-state index in [0.717, 1.165) is 12.0 Å². The van der Waals surface area contributed by atoms with Crippen molar-refractivity contribution in [2.75, 3.05) is 6.61 Å². The van der Waals surface area contributed by atoms with E-state index in [4.69, 9.17) is 4.74 Å². The Labute approximate surface area is 84.9 Å². The molecule has 0 amide bonds. The summed E-state index contributed by atoms with van der Waals surface area (Å²) in [5.41, 5.74) is 0.981. The van der Waals surface area contributed by atoms with Gasteiger partial charge in [-0.2, -0.15) is 0 Å². The number of aryl methyl sites for hydroxylation is 1. The molecule has 78 valence electrons. The highest BCUT2D eigenvalue weighted by molar-refractivity contribution is 5.32. The summed E-state index contributed by atoms with van der Waals surface area (Å²) in [4.78, 5) is 0. The van der Waals surface area contributed by atoms with Gasteiger partial charge in [-0.25, -0.2) is 4.39 Å². The van der Waals surface area contributed by atoms with Crippen molar-refractivity contribution in [3.8, 4) is 5.75 Å². The molecule has 1 rings (SSSR count). The first-order chi connectivity index (χ1) is 6.63. The minimum atomic E-state index is -0.241. The molecule has 1 unspecified atom stereocenters. The van der Waals surface area contributed by atoms with Gasteiger partial charge >= 0.3 is 0 Å². The Hall–Kier alpha value is -1.05. The molecule has 1 aromatic rings. The standard InChI is InChI=1S/C12H17FO/c1-4-9(2)8-14-12-7-11(13)6-5-10(12)3/h5-7,9H,4,8H2,1-3H3. The first-order valence-electron chi connectivity index (χ1n) is 5.02. The van der Waals surface area contributed by atoms with Gasteiger partial charge < -0.3 is 4.74 Å². The summed E-state index contributed by atoms with van der Waals surface area (Å²) in [5, 5.41) is 0. The average molecular weight is 196 g/mol. The second-order valence-electron chi connectivity index (χ2n) is 3.73. The normalized spacial score (nSPS) is 12.6. The summed E-state index contributed by atoms with van der Waals surface area (Å²) < 4.78 is 18.4. The van der Waals surface area contributed by atoms with Gasteiger partial charge in [-0.15, -0.1) is 0 Å². The Kier molecular flexibility index (Phi) is 3.93. The molecule has 0 saturated carbocycles. The molecule has 0 heterocycles. The maximum Gasteiger partial charge on any atom is 0.126 e. The van der Waals surface area contributed by atoms with E-state index in [0.29, 0.717) is 18.3 Å². The lowest BCUT2D eigenvalue weighted by atomic mass is 10.1. The van der Waals surface area contributed by atoms with Crippen molar-refractivity contribution in [1.82, 2.24) is 0 Å². The van der Waals surface area contributed by atoms with Crippen LogP contribution in [0.25, 0.3) is 0 Å². The predicted octanol–water partition coefficient (Wildman–Crippen LogP) is 3.56. The lowest BCUT2D eigenvalue weighted by Gasteiger charge is -2.12. The Morgan fingerprint density at radius 3 is 2.79 bits per heavy atom. The monoisotopic (exact) mass is 196 g/mol. The zero-order valence-electron chi connectivity index (χ0n) is 9.01. The molecule has 0 saturated heterocycles. The van der Waals surface area contributed by atoms with E-state index >= 15 is 0 Å². The van der Waals surface area contributed by atoms with Gasteiger partial charge in [-0.3, -0.25) is 0 Å². The Morgan fingerprint density at radius 2 is 2.14 bits per heavy atom. The van der Waals surface area contributed by atoms with Gasteiger partial charge in [-0.05, 0) is 24.5 Å². The molecule has 1 atom stereocenters. The molecule has 0 aliphatic carbocycles. The molecule has 0 bridgehead atoms. The van der Waals surface area contributed by atoms with E-state index in [1.807, 2.05) is 6.92 Å². The van der Waals surface area contributed by atoms with Crippen LogP contribution in [0, 0.1) is 18.7 Å². The van der Waals surface area contributed by atoms with Gasteiger partial charge in [0.1, 0.15) is 11.6 Å². The molecular weight excluding hydrogens is 179 g/mol. The smallest absolute Gasteiger partial charge is 0.126 e. The minimum Gasteiger partial charge on any atom is -0.493 e. The third kappa shape index (κ3) is 3.02. The van der Waals surface area contributed by atoms with Crippen LogP contribution in [0.1, 0.15) is 25.8 Å². The topological polar surface area (TPSA) is 9.23 Å². The van der Waals surface area contributed by atoms with Gasteiger partial charge in [0.05, 0.1) is 6.61 Å². The van der Waals surface area contributed by atoms with E-state index in [1.54, 1.807) is 6.07 Å². The maximum absolute atomic E-state index is 12.9. The highest BCUT2D eigenvalue weighted by Gasteiger charge is 2.04. The molecule has 0 N–H and O–H groups in total. The fraction of sp³-hybridized carbons (Fsp3) is 0.500. The Bertz CT molecular complexity index is 296. The zero-order valence-corrected chi connectivity index (χ0v) is 9.01. The molecule has 0 fully saturated rings. The lowest BCUT2D eigenvalue weighted by Crippen LogP contribution is -2.08. The van der Waals surface area contributed by atoms with Crippen LogP contribution >= 0.6 is 0 Å². The third-order valence-corrected chi connectivity index (χ3v) is 2.37. The van der Waals surface area contributed by atoms with Crippen LogP contribution in [0.3, 0.4) is 0 Å². The van der Waals surface area contributed by atoms with Crippen molar-refractivity contribution < 1.29 is 9.13 Å². The van der Waals surface area contributed by atoms with Crippen molar-refractivity contribution in [2.24, 2.45) is 5.92 Å². The average Bonchev–Trinajstić information content (AvgIpc) is 2.19. The quantitative estimate of drug-likeness (QED) is 0.715. The van der Waals surface area contributed by atoms with Crippen LogP contribution in [0.4, 0.5) is 4.39 Å². The Balaban J connectivity index is 2.62.